The zero-order valence-corrected chi connectivity index (χ0v) is 18.9. The van der Waals surface area contributed by atoms with Gasteiger partial charge in [-0.05, 0) is 78.3 Å². The molecule has 3 rings (SSSR count). The molecule has 1 heterocycles. The molecule has 0 saturated heterocycles. The highest BCUT2D eigenvalue weighted by molar-refractivity contribution is 7.75. The second-order valence-corrected chi connectivity index (χ2v) is 14.0. The topological polar surface area (TPSA) is 17.1 Å². The van der Waals surface area contributed by atoms with E-state index in [1.807, 2.05) is 19.4 Å². The predicted molar refractivity (Wildman–Crippen MR) is 119 cm³/mol. The van der Waals surface area contributed by atoms with Gasteiger partial charge >= 0.3 is 0 Å². The lowest BCUT2D eigenvalue weighted by molar-refractivity contribution is 0.332. The van der Waals surface area contributed by atoms with Gasteiger partial charge in [0, 0.05) is 4.88 Å². The molecule has 0 unspecified atom stereocenters. The summed E-state index contributed by atoms with van der Waals surface area (Å²) < 4.78 is 13.3. The third kappa shape index (κ3) is 3.78. The van der Waals surface area contributed by atoms with Crippen molar-refractivity contribution in [2.45, 2.75) is 58.3 Å². The van der Waals surface area contributed by atoms with Crippen molar-refractivity contribution in [1.82, 2.24) is 0 Å². The summed E-state index contributed by atoms with van der Waals surface area (Å²) in [5.74, 6) is 0. The molecule has 2 aromatic rings. The largest absolute Gasteiger partial charge is 0.318 e. The average molecular weight is 387 g/mol. The summed E-state index contributed by atoms with van der Waals surface area (Å²) in [5.41, 5.74) is 5.98. The van der Waals surface area contributed by atoms with Gasteiger partial charge in [0.25, 0.3) is 0 Å². The molecule has 140 valence electrons. The number of hydrogen-bond donors (Lipinski definition) is 0. The smallest absolute Gasteiger partial charge is 0.119 e. The van der Waals surface area contributed by atoms with Crippen LogP contribution in [0.2, 0.25) is 0 Å². The van der Waals surface area contributed by atoms with Crippen LogP contribution < -0.4 is 4.62 Å². The summed E-state index contributed by atoms with van der Waals surface area (Å²) in [4.78, 5) is 1.21. The van der Waals surface area contributed by atoms with Crippen LogP contribution in [0, 0.1) is 0 Å². The van der Waals surface area contributed by atoms with Crippen molar-refractivity contribution in [1.29, 1.82) is 0 Å². The third-order valence-electron chi connectivity index (χ3n) is 5.77. The van der Waals surface area contributed by atoms with Crippen LogP contribution >= 0.6 is 18.5 Å². The molecule has 0 atom stereocenters. The average Bonchev–Trinajstić information content (AvgIpc) is 3.02. The second kappa shape index (κ2) is 6.50. The lowest BCUT2D eigenvalue weighted by Gasteiger charge is -2.42. The zero-order valence-electron chi connectivity index (χ0n) is 17.1. The maximum atomic E-state index is 12.3. The van der Waals surface area contributed by atoms with Crippen molar-refractivity contribution < 1.29 is 4.57 Å². The van der Waals surface area contributed by atoms with Gasteiger partial charge in [-0.3, -0.25) is 0 Å². The summed E-state index contributed by atoms with van der Waals surface area (Å²) in [5, 5.41) is 0. The van der Waals surface area contributed by atoms with Gasteiger partial charge in [0.2, 0.25) is 0 Å². The molecule has 1 aliphatic carbocycles. The minimum atomic E-state index is -2.18. The van der Waals surface area contributed by atoms with Gasteiger partial charge < -0.3 is 4.57 Å². The zero-order chi connectivity index (χ0) is 19.3. The number of thiophene rings is 1. The first kappa shape index (κ1) is 19.6. The fourth-order valence-electron chi connectivity index (χ4n) is 3.85. The van der Waals surface area contributed by atoms with Crippen LogP contribution in [0.5, 0.6) is 0 Å². The molecule has 3 heteroatoms. The summed E-state index contributed by atoms with van der Waals surface area (Å²) in [6.07, 6.45) is 4.74. The summed E-state index contributed by atoms with van der Waals surface area (Å²) in [7, 11) is -2.18. The molecule has 0 aliphatic heterocycles. The van der Waals surface area contributed by atoms with E-state index in [4.69, 9.17) is 0 Å². The van der Waals surface area contributed by atoms with Crippen molar-refractivity contribution in [2.24, 2.45) is 0 Å². The predicted octanol–water partition coefficient (Wildman–Crippen LogP) is 6.91. The normalized spacial score (nSPS) is 19.3. The van der Waals surface area contributed by atoms with Crippen molar-refractivity contribution in [3.05, 3.63) is 51.9 Å². The first-order chi connectivity index (χ1) is 11.9. The molecular weight excluding hydrogens is 355 g/mol. The van der Waals surface area contributed by atoms with Crippen LogP contribution in [0.15, 0.2) is 30.3 Å². The van der Waals surface area contributed by atoms with Crippen molar-refractivity contribution in [3.8, 4) is 0 Å². The Hall–Kier alpha value is -1.11. The fraction of sp³-hybridized carbons (Fsp3) is 0.478. The van der Waals surface area contributed by atoms with Crippen LogP contribution in [0.1, 0.15) is 69.0 Å². The Morgan fingerprint density at radius 2 is 1.62 bits per heavy atom. The van der Waals surface area contributed by atoms with Crippen LogP contribution in [0.25, 0.3) is 11.6 Å². The Kier molecular flexibility index (Phi) is 4.91. The van der Waals surface area contributed by atoms with Gasteiger partial charge in [-0.2, -0.15) is 0 Å². The minimum Gasteiger partial charge on any atom is -0.318 e. The van der Waals surface area contributed by atoms with E-state index in [2.05, 4.69) is 65.0 Å². The van der Waals surface area contributed by atoms with Gasteiger partial charge in [0.15, 0.2) is 0 Å². The molecule has 1 aliphatic rings. The summed E-state index contributed by atoms with van der Waals surface area (Å²) in [6, 6.07) is 11.1. The SMILES string of the molecule is CC(=Cc1ccc2c(c1)C(C)(C)CCC2(C)C)c1ccc(P(C)(C)=O)s1. The van der Waals surface area contributed by atoms with Gasteiger partial charge in [-0.15, -0.1) is 11.3 Å². The van der Waals surface area contributed by atoms with Crippen LogP contribution in [-0.4, -0.2) is 13.3 Å². The molecule has 0 fully saturated rings. The minimum absolute atomic E-state index is 0.232. The quantitative estimate of drug-likeness (QED) is 0.524. The van der Waals surface area contributed by atoms with Gasteiger partial charge in [0.1, 0.15) is 7.14 Å². The van der Waals surface area contributed by atoms with E-state index in [0.29, 0.717) is 0 Å². The number of rotatable bonds is 3. The number of allylic oxidation sites excluding steroid dienone is 1. The number of benzene rings is 1. The van der Waals surface area contributed by atoms with E-state index < -0.39 is 7.14 Å². The molecule has 0 bridgehead atoms. The number of hydrogen-bond acceptors (Lipinski definition) is 2. The van der Waals surface area contributed by atoms with E-state index in [-0.39, 0.29) is 10.8 Å². The van der Waals surface area contributed by atoms with Crippen molar-refractivity contribution in [3.63, 3.8) is 0 Å². The molecule has 26 heavy (non-hydrogen) atoms. The Bertz CT molecular complexity index is 908. The summed E-state index contributed by atoms with van der Waals surface area (Å²) in [6.45, 7) is 15.3. The first-order valence-electron chi connectivity index (χ1n) is 9.39. The van der Waals surface area contributed by atoms with E-state index in [0.717, 1.165) is 4.62 Å². The third-order valence-corrected chi connectivity index (χ3v) is 9.60. The lowest BCUT2D eigenvalue weighted by Crippen LogP contribution is -2.33. The maximum Gasteiger partial charge on any atom is 0.119 e. The van der Waals surface area contributed by atoms with Crippen LogP contribution in [-0.2, 0) is 15.4 Å². The van der Waals surface area contributed by atoms with Gasteiger partial charge in [0.05, 0.1) is 4.62 Å². The Morgan fingerprint density at radius 3 is 2.19 bits per heavy atom. The van der Waals surface area contributed by atoms with Crippen LogP contribution in [0.3, 0.4) is 0 Å². The Morgan fingerprint density at radius 1 is 1.00 bits per heavy atom. The highest BCUT2D eigenvalue weighted by atomic mass is 32.1. The maximum absolute atomic E-state index is 12.3. The monoisotopic (exact) mass is 386 g/mol. The Balaban J connectivity index is 1.99. The van der Waals surface area contributed by atoms with Crippen LogP contribution in [0.4, 0.5) is 0 Å². The van der Waals surface area contributed by atoms with E-state index in [1.165, 1.54) is 40.0 Å². The lowest BCUT2D eigenvalue weighted by atomic mass is 9.63. The number of fused-ring (bicyclic) bond motifs is 1. The molecule has 0 amide bonds. The van der Waals surface area contributed by atoms with E-state index in [9.17, 15) is 4.57 Å². The van der Waals surface area contributed by atoms with Crippen molar-refractivity contribution in [2.75, 3.05) is 13.3 Å². The highest BCUT2D eigenvalue weighted by Crippen LogP contribution is 2.46. The molecule has 1 nitrogen and oxygen atoms in total. The van der Waals surface area contributed by atoms with Gasteiger partial charge in [-0.25, -0.2) is 0 Å². The molecular formula is C23H31OPS. The summed E-state index contributed by atoms with van der Waals surface area (Å²) >= 11 is 1.66. The second-order valence-electron chi connectivity index (χ2n) is 9.39. The first-order valence-corrected chi connectivity index (χ1v) is 12.8. The highest BCUT2D eigenvalue weighted by Gasteiger charge is 2.36. The molecule has 0 radical (unpaired) electrons. The van der Waals surface area contributed by atoms with E-state index >= 15 is 0 Å². The molecule has 0 N–H and O–H groups in total. The Labute approximate surface area is 162 Å². The molecule has 1 aromatic carbocycles. The molecule has 0 spiro atoms. The van der Waals surface area contributed by atoms with Crippen molar-refractivity contribution >= 4 is 34.7 Å². The van der Waals surface area contributed by atoms with Gasteiger partial charge in [-0.1, -0.05) is 52.0 Å². The standard InChI is InChI=1S/C23H31OPS/c1-16(20-10-11-21(26-20)25(6,7)24)14-17-8-9-18-19(15-17)23(4,5)13-12-22(18,2)3/h8-11,14-15H,12-13H2,1-7H3. The van der Waals surface area contributed by atoms with E-state index in [1.54, 1.807) is 11.3 Å². The fourth-order valence-corrected chi connectivity index (χ4v) is 6.17. The molecule has 0 saturated carbocycles. The molecule has 1 aromatic heterocycles.